The van der Waals surface area contributed by atoms with Crippen LogP contribution in [0.3, 0.4) is 0 Å². The number of carbonyl (C=O) groups is 2. The SMILES string of the molecule is COCCN1C(=O)C(O)=C(c2ccccc2)C1=O. The lowest BCUT2D eigenvalue weighted by Crippen LogP contribution is -2.34. The first-order valence-corrected chi connectivity index (χ1v) is 5.50. The molecule has 0 aliphatic carbocycles. The van der Waals surface area contributed by atoms with Crippen molar-refractivity contribution in [1.29, 1.82) is 0 Å². The molecule has 0 saturated heterocycles. The lowest BCUT2D eigenvalue weighted by atomic mass is 10.1. The fraction of sp³-hybridized carbons (Fsp3) is 0.231. The molecular formula is C13H13NO4. The molecule has 0 spiro atoms. The van der Waals surface area contributed by atoms with Crippen LogP contribution in [0.15, 0.2) is 36.1 Å². The van der Waals surface area contributed by atoms with Gasteiger partial charge in [-0.3, -0.25) is 14.5 Å². The van der Waals surface area contributed by atoms with Crippen LogP contribution >= 0.6 is 0 Å². The van der Waals surface area contributed by atoms with E-state index in [0.29, 0.717) is 5.56 Å². The number of methoxy groups -OCH3 is 1. The summed E-state index contributed by atoms with van der Waals surface area (Å²) in [6.07, 6.45) is 0. The van der Waals surface area contributed by atoms with Crippen molar-refractivity contribution in [3.8, 4) is 0 Å². The molecule has 18 heavy (non-hydrogen) atoms. The molecule has 1 aromatic carbocycles. The van der Waals surface area contributed by atoms with Gasteiger partial charge in [0.15, 0.2) is 5.76 Å². The van der Waals surface area contributed by atoms with Crippen molar-refractivity contribution in [1.82, 2.24) is 4.90 Å². The van der Waals surface area contributed by atoms with Gasteiger partial charge in [-0.15, -0.1) is 0 Å². The molecule has 0 saturated carbocycles. The summed E-state index contributed by atoms with van der Waals surface area (Å²) in [5.41, 5.74) is 0.588. The van der Waals surface area contributed by atoms with Gasteiger partial charge in [-0.05, 0) is 5.56 Å². The van der Waals surface area contributed by atoms with Gasteiger partial charge in [-0.25, -0.2) is 0 Å². The summed E-state index contributed by atoms with van der Waals surface area (Å²) < 4.78 is 4.83. The molecule has 1 aromatic rings. The molecule has 0 radical (unpaired) electrons. The zero-order valence-corrected chi connectivity index (χ0v) is 9.92. The molecule has 0 fully saturated rings. The Bertz CT molecular complexity index is 507. The van der Waals surface area contributed by atoms with E-state index in [2.05, 4.69) is 0 Å². The number of rotatable bonds is 4. The minimum Gasteiger partial charge on any atom is -0.502 e. The number of ether oxygens (including phenoxy) is 1. The van der Waals surface area contributed by atoms with Gasteiger partial charge >= 0.3 is 0 Å². The van der Waals surface area contributed by atoms with Crippen LogP contribution in [0.5, 0.6) is 0 Å². The molecule has 0 aromatic heterocycles. The molecule has 1 N–H and O–H groups in total. The van der Waals surface area contributed by atoms with Crippen LogP contribution in [0.4, 0.5) is 0 Å². The second-order valence-corrected chi connectivity index (χ2v) is 3.84. The molecule has 1 heterocycles. The van der Waals surface area contributed by atoms with E-state index >= 15 is 0 Å². The van der Waals surface area contributed by atoms with Gasteiger partial charge < -0.3 is 9.84 Å². The molecule has 1 aliphatic rings. The van der Waals surface area contributed by atoms with E-state index in [4.69, 9.17) is 4.74 Å². The van der Waals surface area contributed by atoms with Crippen molar-refractivity contribution < 1.29 is 19.4 Å². The second-order valence-electron chi connectivity index (χ2n) is 3.84. The third-order valence-electron chi connectivity index (χ3n) is 2.73. The zero-order chi connectivity index (χ0) is 13.1. The molecule has 1 aliphatic heterocycles. The number of amides is 2. The number of aliphatic hydroxyl groups excluding tert-OH is 1. The maximum atomic E-state index is 12.1. The molecule has 5 nitrogen and oxygen atoms in total. The first-order valence-electron chi connectivity index (χ1n) is 5.50. The van der Waals surface area contributed by atoms with Crippen molar-refractivity contribution in [3.05, 3.63) is 41.7 Å². The van der Waals surface area contributed by atoms with Gasteiger partial charge in [0.1, 0.15) is 0 Å². The summed E-state index contributed by atoms with van der Waals surface area (Å²) in [7, 11) is 1.48. The van der Waals surface area contributed by atoms with Crippen molar-refractivity contribution >= 4 is 17.4 Å². The Hall–Kier alpha value is -2.14. The van der Waals surface area contributed by atoms with E-state index in [1.807, 2.05) is 0 Å². The number of imide groups is 1. The van der Waals surface area contributed by atoms with Gasteiger partial charge in [0.25, 0.3) is 11.8 Å². The van der Waals surface area contributed by atoms with Crippen LogP contribution in [0.2, 0.25) is 0 Å². The highest BCUT2D eigenvalue weighted by Crippen LogP contribution is 2.27. The third kappa shape index (κ3) is 2.00. The lowest BCUT2D eigenvalue weighted by Gasteiger charge is -2.13. The molecule has 2 amide bonds. The molecule has 5 heteroatoms. The van der Waals surface area contributed by atoms with Gasteiger partial charge in [0, 0.05) is 7.11 Å². The Morgan fingerprint density at radius 3 is 2.44 bits per heavy atom. The van der Waals surface area contributed by atoms with Crippen LogP contribution in [-0.2, 0) is 14.3 Å². The highest BCUT2D eigenvalue weighted by Gasteiger charge is 2.38. The third-order valence-corrected chi connectivity index (χ3v) is 2.73. The van der Waals surface area contributed by atoms with Crippen molar-refractivity contribution in [2.24, 2.45) is 0 Å². The van der Waals surface area contributed by atoms with Crippen LogP contribution in [-0.4, -0.2) is 42.1 Å². The van der Waals surface area contributed by atoms with Crippen LogP contribution in [0, 0.1) is 0 Å². The van der Waals surface area contributed by atoms with Gasteiger partial charge in [-0.2, -0.15) is 0 Å². The molecule has 0 atom stereocenters. The lowest BCUT2D eigenvalue weighted by molar-refractivity contribution is -0.138. The summed E-state index contributed by atoms with van der Waals surface area (Å²) in [6.45, 7) is 0.376. The predicted octanol–water partition coefficient (Wildman–Crippen LogP) is 0.971. The van der Waals surface area contributed by atoms with E-state index in [1.165, 1.54) is 7.11 Å². The average molecular weight is 247 g/mol. The summed E-state index contributed by atoms with van der Waals surface area (Å²) >= 11 is 0. The van der Waals surface area contributed by atoms with Gasteiger partial charge in [0.2, 0.25) is 0 Å². The van der Waals surface area contributed by atoms with Gasteiger partial charge in [0.05, 0.1) is 18.7 Å². The molecule has 2 rings (SSSR count). The Morgan fingerprint density at radius 2 is 1.83 bits per heavy atom. The Labute approximate surface area is 104 Å². The second kappa shape index (κ2) is 5.01. The van der Waals surface area contributed by atoms with E-state index in [0.717, 1.165) is 4.90 Å². The van der Waals surface area contributed by atoms with Crippen LogP contribution < -0.4 is 0 Å². The fourth-order valence-electron chi connectivity index (χ4n) is 1.81. The molecule has 0 bridgehead atoms. The number of hydrogen-bond donors (Lipinski definition) is 1. The predicted molar refractivity (Wildman–Crippen MR) is 64.6 cm³/mol. The largest absolute Gasteiger partial charge is 0.502 e. The molecular weight excluding hydrogens is 234 g/mol. The van der Waals surface area contributed by atoms with E-state index in [-0.39, 0.29) is 18.7 Å². The Balaban J connectivity index is 2.32. The number of aliphatic hydroxyl groups is 1. The normalized spacial score (nSPS) is 15.7. The topological polar surface area (TPSA) is 66.8 Å². The highest BCUT2D eigenvalue weighted by atomic mass is 16.5. The summed E-state index contributed by atoms with van der Waals surface area (Å²) in [4.78, 5) is 24.8. The average Bonchev–Trinajstić information content (AvgIpc) is 2.60. The Kier molecular flexibility index (Phi) is 3.43. The van der Waals surface area contributed by atoms with E-state index in [9.17, 15) is 14.7 Å². The first kappa shape index (κ1) is 12.3. The highest BCUT2D eigenvalue weighted by molar-refractivity contribution is 6.34. The smallest absolute Gasteiger partial charge is 0.296 e. The van der Waals surface area contributed by atoms with Crippen molar-refractivity contribution in [3.63, 3.8) is 0 Å². The number of carbonyl (C=O) groups excluding carboxylic acids is 2. The van der Waals surface area contributed by atoms with Crippen LogP contribution in [0.1, 0.15) is 5.56 Å². The Morgan fingerprint density at radius 1 is 1.17 bits per heavy atom. The number of benzene rings is 1. The monoisotopic (exact) mass is 247 g/mol. The van der Waals surface area contributed by atoms with E-state index in [1.54, 1.807) is 30.3 Å². The number of hydrogen-bond acceptors (Lipinski definition) is 4. The quantitative estimate of drug-likeness (QED) is 0.805. The summed E-state index contributed by atoms with van der Waals surface area (Å²) in [6, 6.07) is 8.63. The maximum absolute atomic E-state index is 12.1. The maximum Gasteiger partial charge on any atom is 0.296 e. The van der Waals surface area contributed by atoms with E-state index < -0.39 is 17.6 Å². The van der Waals surface area contributed by atoms with Crippen molar-refractivity contribution in [2.45, 2.75) is 0 Å². The minimum atomic E-state index is -0.670. The van der Waals surface area contributed by atoms with Gasteiger partial charge in [-0.1, -0.05) is 30.3 Å². The molecule has 94 valence electrons. The minimum absolute atomic E-state index is 0.0525. The van der Waals surface area contributed by atoms with Crippen LogP contribution in [0.25, 0.3) is 5.57 Å². The number of nitrogens with zero attached hydrogens (tertiary/aromatic N) is 1. The first-order chi connectivity index (χ1) is 8.66. The summed E-state index contributed by atoms with van der Waals surface area (Å²) in [5, 5.41) is 9.78. The standard InChI is InChI=1S/C13H13NO4/c1-18-8-7-14-12(16)10(11(15)13(14)17)9-5-3-2-4-6-9/h2-6,15H,7-8H2,1H3. The summed E-state index contributed by atoms with van der Waals surface area (Å²) in [5.74, 6) is -1.65. The van der Waals surface area contributed by atoms with Crippen molar-refractivity contribution in [2.75, 3.05) is 20.3 Å². The fourth-order valence-corrected chi connectivity index (χ4v) is 1.81. The zero-order valence-electron chi connectivity index (χ0n) is 9.92. The molecule has 0 unspecified atom stereocenters.